The Morgan fingerprint density at radius 2 is 1.61 bits per heavy atom. The molecule has 1 N–H and O–H groups in total. The molecular formula is C30H33N3O3. The fraction of sp³-hybridized carbons (Fsp3) is 0.267. The van der Waals surface area contributed by atoms with Gasteiger partial charge in [-0.25, -0.2) is 4.79 Å². The Hall–Kier alpha value is -4.06. The topological polar surface area (TPSA) is 65.8 Å². The number of fused-ring (bicyclic) bond motifs is 1. The van der Waals surface area contributed by atoms with Gasteiger partial charge >= 0.3 is 6.03 Å². The third kappa shape index (κ3) is 6.75. The van der Waals surface area contributed by atoms with Gasteiger partial charge in [-0.3, -0.25) is 4.79 Å². The molecule has 0 unspecified atom stereocenters. The molecule has 4 rings (SSSR count). The van der Waals surface area contributed by atoms with Crippen molar-refractivity contribution in [3.05, 3.63) is 103 Å². The number of carbonyl (C=O) groups excluding carboxylic acids is 2. The van der Waals surface area contributed by atoms with Crippen LogP contribution in [0, 0.1) is 5.92 Å². The van der Waals surface area contributed by atoms with E-state index in [0.717, 1.165) is 28.4 Å². The molecule has 0 fully saturated rings. The van der Waals surface area contributed by atoms with Crippen molar-refractivity contribution in [1.82, 2.24) is 9.80 Å². The summed E-state index contributed by atoms with van der Waals surface area (Å²) in [5.74, 6) is 0.807. The van der Waals surface area contributed by atoms with E-state index in [4.69, 9.17) is 4.42 Å². The largest absolute Gasteiger partial charge is 0.467 e. The number of anilines is 1. The van der Waals surface area contributed by atoms with Gasteiger partial charge in [0.15, 0.2) is 0 Å². The summed E-state index contributed by atoms with van der Waals surface area (Å²) in [6.07, 6.45) is 2.33. The highest BCUT2D eigenvalue weighted by molar-refractivity contribution is 6.02. The second kappa shape index (κ2) is 12.1. The maximum Gasteiger partial charge on any atom is 0.322 e. The Kier molecular flexibility index (Phi) is 8.40. The maximum atomic E-state index is 13.5. The van der Waals surface area contributed by atoms with Gasteiger partial charge in [-0.1, -0.05) is 80.6 Å². The number of benzene rings is 3. The normalized spacial score (nSPS) is 11.0. The minimum absolute atomic E-state index is 0.00965. The van der Waals surface area contributed by atoms with Crippen molar-refractivity contribution in [2.24, 2.45) is 5.92 Å². The zero-order valence-electron chi connectivity index (χ0n) is 20.9. The van der Waals surface area contributed by atoms with Gasteiger partial charge in [0.05, 0.1) is 18.5 Å². The lowest BCUT2D eigenvalue weighted by Gasteiger charge is -2.28. The first kappa shape index (κ1) is 25.0. The molecule has 3 aromatic carbocycles. The Balaban J connectivity index is 1.49. The van der Waals surface area contributed by atoms with Crippen molar-refractivity contribution in [1.29, 1.82) is 0 Å². The SMILES string of the molecule is CC(C)CN(CC(=O)N(CCc1ccccc1)Cc1ccco1)C(=O)Nc1cccc2ccccc12. The number of rotatable bonds is 10. The van der Waals surface area contributed by atoms with Gasteiger partial charge < -0.3 is 19.5 Å². The molecule has 36 heavy (non-hydrogen) atoms. The summed E-state index contributed by atoms with van der Waals surface area (Å²) in [6.45, 7) is 5.43. The molecule has 3 amide bonds. The molecule has 0 radical (unpaired) electrons. The molecule has 0 bridgehead atoms. The van der Waals surface area contributed by atoms with Gasteiger partial charge in [0.1, 0.15) is 12.3 Å². The molecule has 4 aromatic rings. The fourth-order valence-corrected chi connectivity index (χ4v) is 4.24. The van der Waals surface area contributed by atoms with Crippen LogP contribution in [0.3, 0.4) is 0 Å². The van der Waals surface area contributed by atoms with Gasteiger partial charge in [-0.2, -0.15) is 0 Å². The standard InChI is InChI=1S/C30H33N3O3/c1-23(2)20-33(30(35)31-28-16-8-13-25-12-6-7-15-27(25)28)22-29(34)32(21-26-14-9-19-36-26)18-17-24-10-4-3-5-11-24/h3-16,19,23H,17-18,20-22H2,1-2H3,(H,31,35). The van der Waals surface area contributed by atoms with Crippen LogP contribution in [0.1, 0.15) is 25.2 Å². The number of amides is 3. The molecular weight excluding hydrogens is 450 g/mol. The second-order valence-electron chi connectivity index (χ2n) is 9.36. The molecule has 0 aliphatic rings. The van der Waals surface area contributed by atoms with E-state index in [9.17, 15) is 9.59 Å². The highest BCUT2D eigenvalue weighted by Crippen LogP contribution is 2.23. The van der Waals surface area contributed by atoms with Crippen molar-refractivity contribution in [3.63, 3.8) is 0 Å². The maximum absolute atomic E-state index is 13.5. The molecule has 0 atom stereocenters. The average molecular weight is 484 g/mol. The van der Waals surface area contributed by atoms with E-state index in [1.807, 2.05) is 86.6 Å². The minimum atomic E-state index is -0.283. The van der Waals surface area contributed by atoms with Crippen molar-refractivity contribution in [2.75, 3.05) is 25.0 Å². The monoisotopic (exact) mass is 483 g/mol. The molecule has 1 heterocycles. The van der Waals surface area contributed by atoms with E-state index >= 15 is 0 Å². The summed E-state index contributed by atoms with van der Waals surface area (Å²) >= 11 is 0. The predicted molar refractivity (Wildman–Crippen MR) is 144 cm³/mol. The zero-order valence-corrected chi connectivity index (χ0v) is 20.9. The van der Waals surface area contributed by atoms with Crippen LogP contribution in [0.15, 0.2) is 95.6 Å². The van der Waals surface area contributed by atoms with Gasteiger partial charge in [0, 0.05) is 18.5 Å². The number of hydrogen-bond donors (Lipinski definition) is 1. The van der Waals surface area contributed by atoms with E-state index in [1.54, 1.807) is 16.1 Å². The number of carbonyl (C=O) groups is 2. The Morgan fingerprint density at radius 1 is 0.861 bits per heavy atom. The first-order valence-corrected chi connectivity index (χ1v) is 12.4. The smallest absolute Gasteiger partial charge is 0.322 e. The van der Waals surface area contributed by atoms with E-state index in [0.29, 0.717) is 25.4 Å². The molecule has 6 heteroatoms. The first-order valence-electron chi connectivity index (χ1n) is 12.4. The number of furan rings is 1. The van der Waals surface area contributed by atoms with Gasteiger partial charge in [0.2, 0.25) is 5.91 Å². The number of nitrogens with one attached hydrogen (secondary N) is 1. The number of urea groups is 1. The number of nitrogens with zero attached hydrogens (tertiary/aromatic N) is 2. The zero-order chi connectivity index (χ0) is 25.3. The minimum Gasteiger partial charge on any atom is -0.467 e. The summed E-state index contributed by atoms with van der Waals surface area (Å²) in [6, 6.07) is 27.2. The van der Waals surface area contributed by atoms with Gasteiger partial charge in [-0.05, 0) is 41.5 Å². The van der Waals surface area contributed by atoms with Gasteiger partial charge in [0.25, 0.3) is 0 Å². The first-order chi connectivity index (χ1) is 17.5. The Bertz CT molecular complexity index is 1260. The summed E-state index contributed by atoms with van der Waals surface area (Å²) in [7, 11) is 0. The lowest BCUT2D eigenvalue weighted by atomic mass is 10.1. The quantitative estimate of drug-likeness (QED) is 0.292. The number of hydrogen-bond acceptors (Lipinski definition) is 3. The van der Waals surface area contributed by atoms with Crippen molar-refractivity contribution < 1.29 is 14.0 Å². The van der Waals surface area contributed by atoms with E-state index in [-0.39, 0.29) is 24.4 Å². The van der Waals surface area contributed by atoms with Crippen LogP contribution in [-0.4, -0.2) is 41.4 Å². The van der Waals surface area contributed by atoms with Crippen LogP contribution in [-0.2, 0) is 17.8 Å². The lowest BCUT2D eigenvalue weighted by Crippen LogP contribution is -2.46. The summed E-state index contributed by atoms with van der Waals surface area (Å²) in [5, 5.41) is 5.05. The van der Waals surface area contributed by atoms with Crippen LogP contribution in [0.25, 0.3) is 10.8 Å². The van der Waals surface area contributed by atoms with Crippen molar-refractivity contribution >= 4 is 28.4 Å². The Morgan fingerprint density at radius 3 is 2.36 bits per heavy atom. The second-order valence-corrected chi connectivity index (χ2v) is 9.36. The average Bonchev–Trinajstić information content (AvgIpc) is 3.40. The van der Waals surface area contributed by atoms with Crippen molar-refractivity contribution in [3.8, 4) is 0 Å². The molecule has 6 nitrogen and oxygen atoms in total. The lowest BCUT2D eigenvalue weighted by molar-refractivity contribution is -0.132. The fourth-order valence-electron chi connectivity index (χ4n) is 4.24. The van der Waals surface area contributed by atoms with Crippen LogP contribution >= 0.6 is 0 Å². The predicted octanol–water partition coefficient (Wildman–Crippen LogP) is 6.19. The molecule has 1 aromatic heterocycles. The van der Waals surface area contributed by atoms with E-state index < -0.39 is 0 Å². The van der Waals surface area contributed by atoms with Crippen LogP contribution in [0.2, 0.25) is 0 Å². The third-order valence-electron chi connectivity index (χ3n) is 6.02. The summed E-state index contributed by atoms with van der Waals surface area (Å²) in [4.78, 5) is 30.3. The highest BCUT2D eigenvalue weighted by atomic mass is 16.3. The van der Waals surface area contributed by atoms with Gasteiger partial charge in [-0.15, -0.1) is 0 Å². The van der Waals surface area contributed by atoms with Crippen LogP contribution in [0.5, 0.6) is 0 Å². The van der Waals surface area contributed by atoms with E-state index in [2.05, 4.69) is 17.4 Å². The summed E-state index contributed by atoms with van der Waals surface area (Å²) < 4.78 is 5.52. The molecule has 0 aliphatic carbocycles. The Labute approximate surface area is 212 Å². The van der Waals surface area contributed by atoms with Crippen LogP contribution < -0.4 is 5.32 Å². The van der Waals surface area contributed by atoms with Crippen LogP contribution in [0.4, 0.5) is 10.5 Å². The molecule has 0 saturated heterocycles. The molecule has 186 valence electrons. The highest BCUT2D eigenvalue weighted by Gasteiger charge is 2.23. The molecule has 0 saturated carbocycles. The summed E-state index contributed by atoms with van der Waals surface area (Å²) in [5.41, 5.74) is 1.89. The molecule has 0 spiro atoms. The van der Waals surface area contributed by atoms with E-state index in [1.165, 1.54) is 0 Å². The van der Waals surface area contributed by atoms with Crippen molar-refractivity contribution in [2.45, 2.75) is 26.8 Å². The molecule has 0 aliphatic heterocycles. The third-order valence-corrected chi connectivity index (χ3v) is 6.02.